The first kappa shape index (κ1) is 20.4. The van der Waals surface area contributed by atoms with Gasteiger partial charge in [0.2, 0.25) is 0 Å². The Kier molecular flexibility index (Phi) is 9.16. The van der Waals surface area contributed by atoms with Crippen molar-refractivity contribution in [2.24, 2.45) is 4.99 Å². The van der Waals surface area contributed by atoms with Gasteiger partial charge in [0.25, 0.3) is 0 Å². The van der Waals surface area contributed by atoms with Gasteiger partial charge in [-0.1, -0.05) is 17.7 Å². The average molecular weight is 456 g/mol. The van der Waals surface area contributed by atoms with Crippen molar-refractivity contribution in [3.8, 4) is 0 Å². The van der Waals surface area contributed by atoms with Gasteiger partial charge in [-0.05, 0) is 37.5 Å². The molecule has 7 heteroatoms. The smallest absolute Gasteiger partial charge is 0.193 e. The summed E-state index contributed by atoms with van der Waals surface area (Å²) in [5.41, 5.74) is 0.928. The SMILES string of the molecule is CCOC1CCN(C(=NC)NCc2ccc(F)c(Cl)c2)CC1.I. The third-order valence-electron chi connectivity index (χ3n) is 3.79. The summed E-state index contributed by atoms with van der Waals surface area (Å²) in [5.74, 6) is 0.461. The maximum Gasteiger partial charge on any atom is 0.193 e. The Morgan fingerprint density at radius 1 is 1.43 bits per heavy atom. The molecule has 1 aromatic carbocycles. The van der Waals surface area contributed by atoms with E-state index in [4.69, 9.17) is 16.3 Å². The number of aliphatic imine (C=N–C) groups is 1. The molecular formula is C16H24ClFIN3O. The summed E-state index contributed by atoms with van der Waals surface area (Å²) >= 11 is 5.80. The molecule has 0 atom stereocenters. The van der Waals surface area contributed by atoms with E-state index in [9.17, 15) is 4.39 Å². The van der Waals surface area contributed by atoms with Crippen LogP contribution >= 0.6 is 35.6 Å². The van der Waals surface area contributed by atoms with Crippen LogP contribution in [0.2, 0.25) is 5.02 Å². The van der Waals surface area contributed by atoms with Crippen LogP contribution in [-0.2, 0) is 11.3 Å². The lowest BCUT2D eigenvalue weighted by molar-refractivity contribution is 0.0263. The maximum absolute atomic E-state index is 13.2. The Labute approximate surface area is 159 Å². The topological polar surface area (TPSA) is 36.9 Å². The molecule has 0 radical (unpaired) electrons. The highest BCUT2D eigenvalue weighted by atomic mass is 127. The number of hydrogen-bond donors (Lipinski definition) is 1. The van der Waals surface area contributed by atoms with Crippen molar-refractivity contribution >= 4 is 41.5 Å². The number of benzene rings is 1. The third-order valence-corrected chi connectivity index (χ3v) is 4.08. The van der Waals surface area contributed by atoms with Crippen LogP contribution < -0.4 is 5.32 Å². The molecule has 23 heavy (non-hydrogen) atoms. The van der Waals surface area contributed by atoms with Crippen LogP contribution in [0.3, 0.4) is 0 Å². The highest BCUT2D eigenvalue weighted by molar-refractivity contribution is 14.0. The summed E-state index contributed by atoms with van der Waals surface area (Å²) in [6.07, 6.45) is 2.38. The highest BCUT2D eigenvalue weighted by Gasteiger charge is 2.21. The van der Waals surface area contributed by atoms with Crippen LogP contribution in [0.4, 0.5) is 4.39 Å². The molecule has 1 fully saturated rings. The van der Waals surface area contributed by atoms with Gasteiger partial charge in [-0.25, -0.2) is 4.39 Å². The zero-order valence-electron chi connectivity index (χ0n) is 13.5. The fraction of sp³-hybridized carbons (Fsp3) is 0.562. The van der Waals surface area contributed by atoms with Crippen molar-refractivity contribution in [3.05, 3.63) is 34.6 Å². The molecule has 0 spiro atoms. The van der Waals surface area contributed by atoms with Crippen molar-refractivity contribution in [2.75, 3.05) is 26.7 Å². The number of nitrogens with one attached hydrogen (secondary N) is 1. The minimum absolute atomic E-state index is 0. The van der Waals surface area contributed by atoms with E-state index in [0.717, 1.165) is 44.1 Å². The number of rotatable bonds is 4. The van der Waals surface area contributed by atoms with Gasteiger partial charge in [-0.15, -0.1) is 24.0 Å². The van der Waals surface area contributed by atoms with Gasteiger partial charge in [0, 0.05) is 33.3 Å². The number of nitrogens with zero attached hydrogens (tertiary/aromatic N) is 2. The van der Waals surface area contributed by atoms with Gasteiger partial charge in [-0.2, -0.15) is 0 Å². The fourth-order valence-corrected chi connectivity index (χ4v) is 2.84. The highest BCUT2D eigenvalue weighted by Crippen LogP contribution is 2.16. The molecule has 1 heterocycles. The zero-order valence-corrected chi connectivity index (χ0v) is 16.6. The normalized spacial score (nSPS) is 16.2. The van der Waals surface area contributed by atoms with Crippen molar-refractivity contribution in [3.63, 3.8) is 0 Å². The van der Waals surface area contributed by atoms with Crippen LogP contribution in [0, 0.1) is 5.82 Å². The van der Waals surface area contributed by atoms with E-state index in [1.807, 2.05) is 6.92 Å². The monoisotopic (exact) mass is 455 g/mol. The van der Waals surface area contributed by atoms with Crippen LogP contribution in [0.1, 0.15) is 25.3 Å². The van der Waals surface area contributed by atoms with E-state index in [2.05, 4.69) is 15.2 Å². The lowest BCUT2D eigenvalue weighted by Gasteiger charge is -2.34. The molecule has 4 nitrogen and oxygen atoms in total. The Balaban J connectivity index is 0.00000264. The first-order chi connectivity index (χ1) is 10.6. The largest absolute Gasteiger partial charge is 0.378 e. The van der Waals surface area contributed by atoms with Crippen LogP contribution in [0.25, 0.3) is 0 Å². The maximum atomic E-state index is 13.2. The minimum Gasteiger partial charge on any atom is -0.378 e. The molecule has 0 amide bonds. The van der Waals surface area contributed by atoms with Gasteiger partial charge in [0.1, 0.15) is 5.82 Å². The Hall–Kier alpha value is -0.600. The van der Waals surface area contributed by atoms with E-state index in [1.54, 1.807) is 19.2 Å². The summed E-state index contributed by atoms with van der Waals surface area (Å²) in [6.45, 7) is 5.21. The third kappa shape index (κ3) is 6.08. The second kappa shape index (κ2) is 10.3. The standard InChI is InChI=1S/C16H23ClFN3O.HI/c1-3-22-13-6-8-21(9-7-13)16(19-2)20-11-12-4-5-15(18)14(17)10-12;/h4-5,10,13H,3,6-9,11H2,1-2H3,(H,19,20);1H. The van der Waals surface area contributed by atoms with Crippen LogP contribution in [-0.4, -0.2) is 43.7 Å². The first-order valence-electron chi connectivity index (χ1n) is 7.65. The summed E-state index contributed by atoms with van der Waals surface area (Å²) in [5, 5.41) is 3.45. The quantitative estimate of drug-likeness (QED) is 0.428. The van der Waals surface area contributed by atoms with Gasteiger partial charge < -0.3 is 15.0 Å². The summed E-state index contributed by atoms with van der Waals surface area (Å²) < 4.78 is 18.8. The Morgan fingerprint density at radius 2 is 2.13 bits per heavy atom. The Morgan fingerprint density at radius 3 is 2.70 bits per heavy atom. The number of piperidine rings is 1. The Bertz CT molecular complexity index is 522. The lowest BCUT2D eigenvalue weighted by Crippen LogP contribution is -2.46. The molecule has 1 aliphatic rings. The molecule has 2 rings (SSSR count). The van der Waals surface area contributed by atoms with E-state index in [-0.39, 0.29) is 29.0 Å². The number of likely N-dealkylation sites (tertiary alicyclic amines) is 1. The number of ether oxygens (including phenoxy) is 1. The molecule has 0 saturated carbocycles. The van der Waals surface area contributed by atoms with Crippen LogP contribution in [0.5, 0.6) is 0 Å². The van der Waals surface area contributed by atoms with Gasteiger partial charge in [0.15, 0.2) is 5.96 Å². The van der Waals surface area contributed by atoms with Gasteiger partial charge >= 0.3 is 0 Å². The zero-order chi connectivity index (χ0) is 15.9. The van der Waals surface area contributed by atoms with E-state index in [1.165, 1.54) is 6.07 Å². The predicted octanol–water partition coefficient (Wildman–Crippen LogP) is 3.67. The molecule has 0 unspecified atom stereocenters. The molecule has 1 N–H and O–H groups in total. The molecule has 0 bridgehead atoms. The fourth-order valence-electron chi connectivity index (χ4n) is 2.63. The summed E-state index contributed by atoms with van der Waals surface area (Å²) in [7, 11) is 1.77. The van der Waals surface area contributed by atoms with Crippen molar-refractivity contribution in [1.29, 1.82) is 0 Å². The average Bonchev–Trinajstić information content (AvgIpc) is 2.53. The molecular weight excluding hydrogens is 432 g/mol. The van der Waals surface area contributed by atoms with Crippen molar-refractivity contribution in [1.82, 2.24) is 10.2 Å². The minimum atomic E-state index is -0.396. The number of hydrogen-bond acceptors (Lipinski definition) is 2. The number of guanidine groups is 1. The van der Waals surface area contributed by atoms with E-state index < -0.39 is 5.82 Å². The first-order valence-corrected chi connectivity index (χ1v) is 8.03. The molecule has 1 aromatic rings. The van der Waals surface area contributed by atoms with E-state index in [0.29, 0.717) is 12.6 Å². The molecule has 1 saturated heterocycles. The van der Waals surface area contributed by atoms with Gasteiger partial charge in [-0.3, -0.25) is 4.99 Å². The number of halogens is 3. The lowest BCUT2D eigenvalue weighted by atomic mass is 10.1. The second-order valence-corrected chi connectivity index (χ2v) is 5.70. The summed E-state index contributed by atoms with van der Waals surface area (Å²) in [4.78, 5) is 6.54. The molecule has 0 aliphatic carbocycles. The molecule has 130 valence electrons. The molecule has 1 aliphatic heterocycles. The van der Waals surface area contributed by atoms with Gasteiger partial charge in [0.05, 0.1) is 11.1 Å². The van der Waals surface area contributed by atoms with E-state index >= 15 is 0 Å². The van der Waals surface area contributed by atoms with Crippen LogP contribution in [0.15, 0.2) is 23.2 Å². The predicted molar refractivity (Wildman–Crippen MR) is 103 cm³/mol. The van der Waals surface area contributed by atoms with Crippen molar-refractivity contribution < 1.29 is 9.13 Å². The summed E-state index contributed by atoms with van der Waals surface area (Å²) in [6, 6.07) is 4.75. The van der Waals surface area contributed by atoms with Crippen molar-refractivity contribution in [2.45, 2.75) is 32.4 Å². The molecule has 0 aromatic heterocycles. The second-order valence-electron chi connectivity index (χ2n) is 5.29.